The molecule has 2 heterocycles. The summed E-state index contributed by atoms with van der Waals surface area (Å²) in [7, 11) is 1.87. The van der Waals surface area contributed by atoms with Crippen LogP contribution >= 0.6 is 0 Å². The number of nitrogens with one attached hydrogen (secondary N) is 1. The Kier molecular flexibility index (Phi) is 2.55. The van der Waals surface area contributed by atoms with E-state index in [-0.39, 0.29) is 6.04 Å². The van der Waals surface area contributed by atoms with Crippen molar-refractivity contribution in [3.63, 3.8) is 0 Å². The lowest BCUT2D eigenvalue weighted by Crippen LogP contribution is -2.19. The Balaban J connectivity index is 2.31. The predicted octanol–water partition coefficient (Wildman–Crippen LogP) is 1.38. The maximum absolute atomic E-state index is 5.02. The van der Waals surface area contributed by atoms with Gasteiger partial charge in [-0.15, -0.1) is 0 Å². The standard InChI is InChI=1S/C10H11N3O/c1-11-9(8-3-6-14-7-8)10-12-4-2-5-13-10/h2-7,9,11H,1H3. The van der Waals surface area contributed by atoms with Crippen molar-refractivity contribution in [3.05, 3.63) is 48.4 Å². The minimum absolute atomic E-state index is 0.00468. The predicted molar refractivity (Wildman–Crippen MR) is 51.6 cm³/mol. The lowest BCUT2D eigenvalue weighted by Gasteiger charge is -2.11. The van der Waals surface area contributed by atoms with E-state index in [0.717, 1.165) is 11.4 Å². The third kappa shape index (κ3) is 1.65. The Hall–Kier alpha value is -1.68. The number of hydrogen-bond donors (Lipinski definition) is 1. The van der Waals surface area contributed by atoms with Crippen LogP contribution in [0.2, 0.25) is 0 Å². The van der Waals surface area contributed by atoms with E-state index in [1.165, 1.54) is 0 Å². The van der Waals surface area contributed by atoms with Gasteiger partial charge in [-0.25, -0.2) is 9.97 Å². The van der Waals surface area contributed by atoms with E-state index in [2.05, 4.69) is 15.3 Å². The van der Waals surface area contributed by atoms with Gasteiger partial charge in [0.15, 0.2) is 0 Å². The van der Waals surface area contributed by atoms with Crippen LogP contribution in [0.3, 0.4) is 0 Å². The molecule has 1 atom stereocenters. The van der Waals surface area contributed by atoms with Gasteiger partial charge in [0.25, 0.3) is 0 Å². The largest absolute Gasteiger partial charge is 0.472 e. The molecule has 2 aromatic rings. The van der Waals surface area contributed by atoms with Crippen LogP contribution in [0.1, 0.15) is 17.4 Å². The first-order chi connectivity index (χ1) is 6.92. The van der Waals surface area contributed by atoms with Crippen LogP contribution < -0.4 is 5.32 Å². The normalized spacial score (nSPS) is 12.6. The van der Waals surface area contributed by atoms with Crippen LogP contribution in [0, 0.1) is 0 Å². The Morgan fingerprint density at radius 1 is 1.36 bits per heavy atom. The average Bonchev–Trinajstić information content (AvgIpc) is 2.74. The van der Waals surface area contributed by atoms with Gasteiger partial charge in [-0.2, -0.15) is 0 Å². The average molecular weight is 189 g/mol. The molecule has 0 saturated carbocycles. The lowest BCUT2D eigenvalue weighted by atomic mass is 10.1. The molecule has 72 valence electrons. The van der Waals surface area contributed by atoms with Crippen molar-refractivity contribution >= 4 is 0 Å². The summed E-state index contributed by atoms with van der Waals surface area (Å²) in [6, 6.07) is 3.69. The second-order valence-corrected chi connectivity index (χ2v) is 2.89. The van der Waals surface area contributed by atoms with Gasteiger partial charge in [-0.1, -0.05) is 0 Å². The van der Waals surface area contributed by atoms with Crippen LogP contribution in [-0.4, -0.2) is 17.0 Å². The first-order valence-corrected chi connectivity index (χ1v) is 4.38. The van der Waals surface area contributed by atoms with Gasteiger partial charge in [0.2, 0.25) is 0 Å². The van der Waals surface area contributed by atoms with Crippen molar-refractivity contribution in [2.75, 3.05) is 7.05 Å². The maximum Gasteiger partial charge on any atom is 0.149 e. The van der Waals surface area contributed by atoms with Crippen molar-refractivity contribution in [2.24, 2.45) is 0 Å². The molecule has 1 unspecified atom stereocenters. The molecule has 0 amide bonds. The van der Waals surface area contributed by atoms with Gasteiger partial charge in [-0.05, 0) is 19.2 Å². The second-order valence-electron chi connectivity index (χ2n) is 2.89. The highest BCUT2D eigenvalue weighted by Crippen LogP contribution is 2.17. The lowest BCUT2D eigenvalue weighted by molar-refractivity contribution is 0.554. The Morgan fingerprint density at radius 2 is 2.14 bits per heavy atom. The van der Waals surface area contributed by atoms with Crippen LogP contribution in [0.15, 0.2) is 41.5 Å². The highest BCUT2D eigenvalue weighted by atomic mass is 16.3. The quantitative estimate of drug-likeness (QED) is 0.792. The molecule has 0 aliphatic rings. The summed E-state index contributed by atoms with van der Waals surface area (Å²) >= 11 is 0. The summed E-state index contributed by atoms with van der Waals surface area (Å²) in [5, 5.41) is 3.14. The molecule has 0 radical (unpaired) electrons. The molecule has 0 bridgehead atoms. The summed E-state index contributed by atoms with van der Waals surface area (Å²) in [6.07, 6.45) is 6.79. The maximum atomic E-state index is 5.02. The Labute approximate surface area is 82.0 Å². The van der Waals surface area contributed by atoms with Gasteiger partial charge in [0.05, 0.1) is 18.6 Å². The molecule has 0 saturated heterocycles. The number of nitrogens with zero attached hydrogens (tertiary/aromatic N) is 2. The fourth-order valence-electron chi connectivity index (χ4n) is 1.34. The van der Waals surface area contributed by atoms with Crippen LogP contribution in [0.5, 0.6) is 0 Å². The molecular weight excluding hydrogens is 178 g/mol. The number of rotatable bonds is 3. The van der Waals surface area contributed by atoms with Gasteiger partial charge in [-0.3, -0.25) is 0 Å². The Morgan fingerprint density at radius 3 is 2.71 bits per heavy atom. The van der Waals surface area contributed by atoms with E-state index in [0.29, 0.717) is 0 Å². The molecule has 0 aliphatic carbocycles. The van der Waals surface area contributed by atoms with Crippen LogP contribution in [0.25, 0.3) is 0 Å². The van der Waals surface area contributed by atoms with E-state index in [4.69, 9.17) is 4.42 Å². The van der Waals surface area contributed by atoms with E-state index in [9.17, 15) is 0 Å². The molecule has 0 spiro atoms. The van der Waals surface area contributed by atoms with Crippen molar-refractivity contribution in [3.8, 4) is 0 Å². The first-order valence-electron chi connectivity index (χ1n) is 4.38. The number of aromatic nitrogens is 2. The van der Waals surface area contributed by atoms with Gasteiger partial charge >= 0.3 is 0 Å². The van der Waals surface area contributed by atoms with Crippen molar-refractivity contribution in [1.82, 2.24) is 15.3 Å². The van der Waals surface area contributed by atoms with Crippen LogP contribution in [-0.2, 0) is 0 Å². The molecule has 1 N–H and O–H groups in total. The number of hydrogen-bond acceptors (Lipinski definition) is 4. The third-order valence-electron chi connectivity index (χ3n) is 2.01. The van der Waals surface area contributed by atoms with Gasteiger partial charge in [0.1, 0.15) is 5.82 Å². The van der Waals surface area contributed by atoms with Crippen molar-refractivity contribution in [1.29, 1.82) is 0 Å². The minimum atomic E-state index is -0.00468. The first kappa shape index (κ1) is 8.90. The molecule has 0 fully saturated rings. The molecule has 4 nitrogen and oxygen atoms in total. The highest BCUT2D eigenvalue weighted by Gasteiger charge is 2.14. The van der Waals surface area contributed by atoms with Crippen molar-refractivity contribution in [2.45, 2.75) is 6.04 Å². The fourth-order valence-corrected chi connectivity index (χ4v) is 1.34. The third-order valence-corrected chi connectivity index (χ3v) is 2.01. The molecule has 2 rings (SSSR count). The molecule has 0 aliphatic heterocycles. The molecular formula is C10H11N3O. The Bertz CT molecular complexity index is 372. The fraction of sp³-hybridized carbons (Fsp3) is 0.200. The van der Waals surface area contributed by atoms with Gasteiger partial charge in [0, 0.05) is 18.0 Å². The van der Waals surface area contributed by atoms with E-state index >= 15 is 0 Å². The van der Waals surface area contributed by atoms with E-state index < -0.39 is 0 Å². The monoisotopic (exact) mass is 189 g/mol. The number of furan rings is 1. The molecule has 14 heavy (non-hydrogen) atoms. The van der Waals surface area contributed by atoms with E-state index in [1.54, 1.807) is 31.0 Å². The van der Waals surface area contributed by atoms with Crippen molar-refractivity contribution < 1.29 is 4.42 Å². The van der Waals surface area contributed by atoms with Gasteiger partial charge < -0.3 is 9.73 Å². The second kappa shape index (κ2) is 4.02. The molecule has 4 heteroatoms. The zero-order valence-electron chi connectivity index (χ0n) is 7.84. The highest BCUT2D eigenvalue weighted by molar-refractivity contribution is 5.19. The molecule has 2 aromatic heterocycles. The minimum Gasteiger partial charge on any atom is -0.472 e. The topological polar surface area (TPSA) is 51.0 Å². The summed E-state index contributed by atoms with van der Waals surface area (Å²) in [4.78, 5) is 8.38. The zero-order chi connectivity index (χ0) is 9.80. The SMILES string of the molecule is CNC(c1ccoc1)c1ncccn1. The van der Waals surface area contributed by atoms with Crippen LogP contribution in [0.4, 0.5) is 0 Å². The zero-order valence-corrected chi connectivity index (χ0v) is 7.84. The summed E-state index contributed by atoms with van der Waals surface area (Å²) in [5.74, 6) is 0.747. The molecule has 0 aromatic carbocycles. The summed E-state index contributed by atoms with van der Waals surface area (Å²) in [5.41, 5.74) is 1.03. The summed E-state index contributed by atoms with van der Waals surface area (Å²) < 4.78 is 5.02. The summed E-state index contributed by atoms with van der Waals surface area (Å²) in [6.45, 7) is 0. The van der Waals surface area contributed by atoms with E-state index in [1.807, 2.05) is 13.1 Å². The smallest absolute Gasteiger partial charge is 0.149 e.